The molecule has 1 aliphatic carbocycles. The number of likely N-dealkylation sites (N-methyl/N-ethyl adjacent to an activating group) is 1. The lowest BCUT2D eigenvalue weighted by Crippen LogP contribution is -2.29. The molecule has 0 aromatic carbocycles. The van der Waals surface area contributed by atoms with Crippen LogP contribution in [-0.4, -0.2) is 18.0 Å². The second-order valence-corrected chi connectivity index (χ2v) is 7.28. The number of unbranched alkanes of at least 4 members (excludes halogenated alkanes) is 1. The number of allylic oxidation sites excluding steroid dienone is 8. The lowest BCUT2D eigenvalue weighted by molar-refractivity contribution is 0.374. The van der Waals surface area contributed by atoms with E-state index in [1.165, 1.54) is 40.8 Å². The van der Waals surface area contributed by atoms with Crippen LogP contribution in [0.4, 0.5) is 0 Å². The molecule has 0 saturated heterocycles. The first kappa shape index (κ1) is 21.1. The molecule has 0 aliphatic heterocycles. The maximum Gasteiger partial charge on any atom is 0.0511 e. The summed E-state index contributed by atoms with van der Waals surface area (Å²) in [6, 6.07) is 0.298. The fourth-order valence-corrected chi connectivity index (χ4v) is 2.61. The molecule has 0 saturated carbocycles. The number of hydrogen-bond donors (Lipinski definition) is 0. The van der Waals surface area contributed by atoms with Crippen molar-refractivity contribution in [3.8, 4) is 0 Å². The lowest BCUT2D eigenvalue weighted by Gasteiger charge is -2.29. The average Bonchev–Trinajstić information content (AvgIpc) is 2.80. The van der Waals surface area contributed by atoms with E-state index in [0.717, 1.165) is 6.42 Å². The van der Waals surface area contributed by atoms with E-state index in [1.54, 1.807) is 0 Å². The van der Waals surface area contributed by atoms with Crippen LogP contribution < -0.4 is 0 Å². The Morgan fingerprint density at radius 2 is 1.84 bits per heavy atom. The van der Waals surface area contributed by atoms with Gasteiger partial charge in [-0.2, -0.15) is 0 Å². The van der Waals surface area contributed by atoms with Crippen molar-refractivity contribution in [2.45, 2.75) is 66.8 Å². The maximum absolute atomic E-state index is 3.42. The van der Waals surface area contributed by atoms with Crippen LogP contribution in [-0.2, 0) is 0 Å². The molecule has 136 valence electrons. The molecule has 1 unspecified atom stereocenters. The van der Waals surface area contributed by atoms with Crippen LogP contribution in [0, 0.1) is 0 Å². The second-order valence-electron chi connectivity index (χ2n) is 7.28. The van der Waals surface area contributed by atoms with Gasteiger partial charge in [-0.05, 0) is 82.9 Å². The third kappa shape index (κ3) is 7.63. The van der Waals surface area contributed by atoms with Crippen molar-refractivity contribution in [1.29, 1.82) is 0 Å². The molecule has 0 N–H and O–H groups in total. The lowest BCUT2D eigenvalue weighted by atomic mass is 10.0. The molecule has 0 heterocycles. The Morgan fingerprint density at radius 1 is 1.12 bits per heavy atom. The minimum atomic E-state index is 0.298. The van der Waals surface area contributed by atoms with E-state index in [2.05, 4.69) is 102 Å². The minimum Gasteiger partial charge on any atom is -0.368 e. The van der Waals surface area contributed by atoms with Gasteiger partial charge in [-0.15, -0.1) is 5.73 Å². The number of hydrogen-bond acceptors (Lipinski definition) is 1. The van der Waals surface area contributed by atoms with E-state index in [1.807, 2.05) is 0 Å². The van der Waals surface area contributed by atoms with E-state index in [0.29, 0.717) is 6.04 Å². The van der Waals surface area contributed by atoms with Crippen molar-refractivity contribution in [3.63, 3.8) is 0 Å². The van der Waals surface area contributed by atoms with Gasteiger partial charge in [0.2, 0.25) is 0 Å². The van der Waals surface area contributed by atoms with Gasteiger partial charge in [-0.25, -0.2) is 0 Å². The minimum absolute atomic E-state index is 0.298. The van der Waals surface area contributed by atoms with Crippen LogP contribution in [0.3, 0.4) is 0 Å². The summed E-state index contributed by atoms with van der Waals surface area (Å²) >= 11 is 0. The normalized spacial score (nSPS) is 15.1. The van der Waals surface area contributed by atoms with Crippen LogP contribution in [0.25, 0.3) is 0 Å². The molecule has 0 spiro atoms. The summed E-state index contributed by atoms with van der Waals surface area (Å²) in [5.41, 5.74) is 9.87. The van der Waals surface area contributed by atoms with Crippen molar-refractivity contribution in [2.24, 2.45) is 0 Å². The first-order chi connectivity index (χ1) is 11.8. The van der Waals surface area contributed by atoms with Gasteiger partial charge < -0.3 is 4.90 Å². The molecule has 0 amide bonds. The average molecular weight is 338 g/mol. The zero-order chi connectivity index (χ0) is 18.8. The third-order valence-electron chi connectivity index (χ3n) is 4.32. The van der Waals surface area contributed by atoms with E-state index < -0.39 is 0 Å². The second kappa shape index (κ2) is 10.8. The van der Waals surface area contributed by atoms with E-state index in [4.69, 9.17) is 0 Å². The fourth-order valence-electron chi connectivity index (χ4n) is 2.61. The maximum atomic E-state index is 3.42. The van der Waals surface area contributed by atoms with Crippen LogP contribution >= 0.6 is 0 Å². The van der Waals surface area contributed by atoms with Gasteiger partial charge in [0.15, 0.2) is 0 Å². The summed E-state index contributed by atoms with van der Waals surface area (Å²) in [4.78, 5) is 2.34. The first-order valence-electron chi connectivity index (χ1n) is 9.42. The SMILES string of the molecule is CCCCC1=C=CC=C(C(C)N(C)/C(C=C(C)C)=C/C=C(C)C)C=C1. The third-order valence-corrected chi connectivity index (χ3v) is 4.32. The number of rotatable bonds is 8. The Hall–Kier alpha value is -1.98. The molecule has 0 fully saturated rings. The zero-order valence-electron chi connectivity index (χ0n) is 17.2. The highest BCUT2D eigenvalue weighted by Crippen LogP contribution is 2.21. The predicted molar refractivity (Wildman–Crippen MR) is 113 cm³/mol. The quantitative estimate of drug-likeness (QED) is 0.344. The summed E-state index contributed by atoms with van der Waals surface area (Å²) in [7, 11) is 2.17. The van der Waals surface area contributed by atoms with Gasteiger partial charge in [-0.1, -0.05) is 42.7 Å². The summed E-state index contributed by atoms with van der Waals surface area (Å²) in [5, 5.41) is 0. The summed E-state index contributed by atoms with van der Waals surface area (Å²) in [6.07, 6.45) is 18.9. The van der Waals surface area contributed by atoms with Crippen molar-refractivity contribution in [2.75, 3.05) is 7.05 Å². The predicted octanol–water partition coefficient (Wildman–Crippen LogP) is 6.89. The van der Waals surface area contributed by atoms with Crippen molar-refractivity contribution < 1.29 is 0 Å². The van der Waals surface area contributed by atoms with Crippen molar-refractivity contribution in [1.82, 2.24) is 4.90 Å². The molecule has 1 aliphatic rings. The van der Waals surface area contributed by atoms with Gasteiger partial charge in [0, 0.05) is 12.7 Å². The van der Waals surface area contributed by atoms with Crippen LogP contribution in [0.2, 0.25) is 0 Å². The molecule has 0 aromatic rings. The first-order valence-corrected chi connectivity index (χ1v) is 9.42. The molecule has 25 heavy (non-hydrogen) atoms. The topological polar surface area (TPSA) is 3.24 Å². The molecular weight excluding hydrogens is 302 g/mol. The highest BCUT2D eigenvalue weighted by atomic mass is 15.1. The molecule has 1 nitrogen and oxygen atoms in total. The van der Waals surface area contributed by atoms with Gasteiger partial charge >= 0.3 is 0 Å². The zero-order valence-corrected chi connectivity index (χ0v) is 17.2. The van der Waals surface area contributed by atoms with E-state index >= 15 is 0 Å². The van der Waals surface area contributed by atoms with E-state index in [-0.39, 0.29) is 0 Å². The molecule has 1 atom stereocenters. The van der Waals surface area contributed by atoms with Gasteiger partial charge in [-0.3, -0.25) is 0 Å². The Morgan fingerprint density at radius 3 is 2.44 bits per heavy atom. The smallest absolute Gasteiger partial charge is 0.0511 e. The Balaban J connectivity index is 2.98. The molecule has 0 bridgehead atoms. The molecular formula is C24H35N. The molecule has 1 rings (SSSR count). The van der Waals surface area contributed by atoms with Crippen molar-refractivity contribution in [3.05, 3.63) is 76.3 Å². The van der Waals surface area contributed by atoms with Crippen LogP contribution in [0.15, 0.2) is 76.3 Å². The standard InChI is InChI=1S/C24H35N/c1-8-9-11-22-12-10-13-23(16-15-22)21(6)25(7)24(18-20(4)5)17-14-19(2)3/h10,13-18,21H,8-9,11H2,1-7H3/b24-17+. The van der Waals surface area contributed by atoms with Gasteiger partial charge in [0.05, 0.1) is 6.04 Å². The fraction of sp³-hybridized carbons (Fsp3) is 0.458. The summed E-state index contributed by atoms with van der Waals surface area (Å²) in [5.74, 6) is 0. The monoisotopic (exact) mass is 337 g/mol. The Labute approximate surface area is 155 Å². The Bertz CT molecular complexity index is 650. The molecule has 0 aromatic heterocycles. The highest BCUT2D eigenvalue weighted by molar-refractivity contribution is 5.38. The molecule has 1 heteroatoms. The largest absolute Gasteiger partial charge is 0.368 e. The van der Waals surface area contributed by atoms with Crippen LogP contribution in [0.1, 0.15) is 60.8 Å². The molecule has 0 radical (unpaired) electrons. The van der Waals surface area contributed by atoms with Gasteiger partial charge in [0.1, 0.15) is 0 Å². The van der Waals surface area contributed by atoms with E-state index in [9.17, 15) is 0 Å². The summed E-state index contributed by atoms with van der Waals surface area (Å²) < 4.78 is 0. The van der Waals surface area contributed by atoms with Crippen molar-refractivity contribution >= 4 is 0 Å². The van der Waals surface area contributed by atoms with Gasteiger partial charge in [0.25, 0.3) is 0 Å². The summed E-state index contributed by atoms with van der Waals surface area (Å²) in [6.45, 7) is 13.0. The highest BCUT2D eigenvalue weighted by Gasteiger charge is 2.14. The van der Waals surface area contributed by atoms with Crippen LogP contribution in [0.5, 0.6) is 0 Å². The Kier molecular flexibility index (Phi) is 9.10. The number of nitrogens with zero attached hydrogens (tertiary/aromatic N) is 1.